The summed E-state index contributed by atoms with van der Waals surface area (Å²) < 4.78 is 0. The number of nitrogens with one attached hydrogen (secondary N) is 2. The minimum absolute atomic E-state index is 0.00577. The van der Waals surface area contributed by atoms with Gasteiger partial charge in [0.05, 0.1) is 0 Å². The molecule has 1 aromatic rings. The highest BCUT2D eigenvalue weighted by atomic mass is 16.2. The maximum absolute atomic E-state index is 12.8. The van der Waals surface area contributed by atoms with Crippen LogP contribution in [0.4, 0.5) is 0 Å². The summed E-state index contributed by atoms with van der Waals surface area (Å²) in [5.74, 6) is 2.85. The van der Waals surface area contributed by atoms with Gasteiger partial charge in [0.15, 0.2) is 0 Å². The van der Waals surface area contributed by atoms with E-state index < -0.39 is 0 Å². The molecule has 0 heterocycles. The molecular formula is C20H28N2O. The molecule has 4 fully saturated rings. The Morgan fingerprint density at radius 2 is 1.57 bits per heavy atom. The Hall–Kier alpha value is -1.35. The van der Waals surface area contributed by atoms with Gasteiger partial charge in [-0.2, -0.15) is 0 Å². The summed E-state index contributed by atoms with van der Waals surface area (Å²) >= 11 is 0. The van der Waals surface area contributed by atoms with Gasteiger partial charge in [-0.3, -0.25) is 4.79 Å². The van der Waals surface area contributed by atoms with Crippen LogP contribution in [0.15, 0.2) is 30.3 Å². The first-order chi connectivity index (χ1) is 11.2. The molecule has 4 bridgehead atoms. The van der Waals surface area contributed by atoms with Gasteiger partial charge >= 0.3 is 0 Å². The van der Waals surface area contributed by atoms with E-state index in [4.69, 9.17) is 0 Å². The summed E-state index contributed by atoms with van der Waals surface area (Å²) in [6.07, 6.45) is 7.65. The first-order valence-electron chi connectivity index (χ1n) is 9.26. The first kappa shape index (κ1) is 15.2. The van der Waals surface area contributed by atoms with Gasteiger partial charge < -0.3 is 10.6 Å². The molecule has 1 amide bonds. The molecule has 4 aliphatic rings. The van der Waals surface area contributed by atoms with Gasteiger partial charge in [0.25, 0.3) is 0 Å². The Morgan fingerprint density at radius 3 is 2.17 bits per heavy atom. The molecule has 0 spiro atoms. The lowest BCUT2D eigenvalue weighted by molar-refractivity contribution is -0.146. The SMILES string of the molecule is O=C(NCCNCc1ccccc1)C12CC3CC(CC(C3)C1)C2. The van der Waals surface area contributed by atoms with Gasteiger partial charge in [-0.1, -0.05) is 30.3 Å². The van der Waals surface area contributed by atoms with Crippen LogP contribution in [0.3, 0.4) is 0 Å². The van der Waals surface area contributed by atoms with Gasteiger partial charge in [-0.15, -0.1) is 0 Å². The molecule has 1 aromatic carbocycles. The van der Waals surface area contributed by atoms with Crippen LogP contribution in [-0.2, 0) is 11.3 Å². The molecule has 4 saturated carbocycles. The monoisotopic (exact) mass is 312 g/mol. The van der Waals surface area contributed by atoms with E-state index in [1.165, 1.54) is 24.8 Å². The van der Waals surface area contributed by atoms with Crippen LogP contribution >= 0.6 is 0 Å². The zero-order chi connectivity index (χ0) is 15.7. The number of hydrogen-bond acceptors (Lipinski definition) is 2. The lowest BCUT2D eigenvalue weighted by Gasteiger charge is -2.55. The van der Waals surface area contributed by atoms with Crippen LogP contribution in [0.25, 0.3) is 0 Å². The molecule has 4 aliphatic carbocycles. The zero-order valence-electron chi connectivity index (χ0n) is 13.9. The van der Waals surface area contributed by atoms with Crippen molar-refractivity contribution in [3.63, 3.8) is 0 Å². The fourth-order valence-electron chi connectivity index (χ4n) is 5.67. The molecule has 3 heteroatoms. The summed E-state index contributed by atoms with van der Waals surface area (Å²) in [5.41, 5.74) is 1.29. The summed E-state index contributed by atoms with van der Waals surface area (Å²) in [4.78, 5) is 12.8. The quantitative estimate of drug-likeness (QED) is 0.793. The number of carbonyl (C=O) groups excluding carboxylic acids is 1. The predicted molar refractivity (Wildman–Crippen MR) is 91.8 cm³/mol. The van der Waals surface area contributed by atoms with Crippen LogP contribution in [-0.4, -0.2) is 19.0 Å². The van der Waals surface area contributed by atoms with Crippen molar-refractivity contribution in [1.29, 1.82) is 0 Å². The minimum atomic E-state index is -0.00577. The van der Waals surface area contributed by atoms with E-state index in [1.54, 1.807) is 0 Å². The van der Waals surface area contributed by atoms with Crippen molar-refractivity contribution in [3.05, 3.63) is 35.9 Å². The Balaban J connectivity index is 1.23. The lowest BCUT2D eigenvalue weighted by Crippen LogP contribution is -2.54. The Labute approximate surface area is 139 Å². The highest BCUT2D eigenvalue weighted by Gasteiger charge is 2.54. The first-order valence-corrected chi connectivity index (χ1v) is 9.26. The van der Waals surface area contributed by atoms with Crippen LogP contribution < -0.4 is 10.6 Å². The molecule has 0 radical (unpaired) electrons. The lowest BCUT2D eigenvalue weighted by atomic mass is 9.49. The smallest absolute Gasteiger partial charge is 0.226 e. The van der Waals surface area contributed by atoms with E-state index in [9.17, 15) is 4.79 Å². The van der Waals surface area contributed by atoms with Crippen molar-refractivity contribution < 1.29 is 4.79 Å². The molecular weight excluding hydrogens is 284 g/mol. The summed E-state index contributed by atoms with van der Waals surface area (Å²) in [6, 6.07) is 10.4. The van der Waals surface area contributed by atoms with Crippen LogP contribution in [0.5, 0.6) is 0 Å². The molecule has 5 rings (SSSR count). The van der Waals surface area contributed by atoms with Gasteiger partial charge in [-0.05, 0) is 61.8 Å². The van der Waals surface area contributed by atoms with Gasteiger partial charge in [0.1, 0.15) is 0 Å². The van der Waals surface area contributed by atoms with Gasteiger partial charge in [0, 0.05) is 25.0 Å². The summed E-state index contributed by atoms with van der Waals surface area (Å²) in [5, 5.41) is 6.64. The fraction of sp³-hybridized carbons (Fsp3) is 0.650. The third-order valence-electron chi connectivity index (χ3n) is 6.28. The van der Waals surface area contributed by atoms with Crippen molar-refractivity contribution >= 4 is 5.91 Å². The standard InChI is InChI=1S/C20H28N2O/c23-19(22-7-6-21-14-15-4-2-1-3-5-15)20-11-16-8-17(12-20)10-18(9-16)13-20/h1-5,16-18,21H,6-14H2,(H,22,23). The number of benzene rings is 1. The molecule has 0 aromatic heterocycles. The van der Waals surface area contributed by atoms with Gasteiger partial charge in [-0.25, -0.2) is 0 Å². The van der Waals surface area contributed by atoms with E-state index in [1.807, 2.05) is 6.07 Å². The summed E-state index contributed by atoms with van der Waals surface area (Å²) in [6.45, 7) is 2.45. The largest absolute Gasteiger partial charge is 0.354 e. The zero-order valence-corrected chi connectivity index (χ0v) is 13.9. The molecule has 3 nitrogen and oxygen atoms in total. The van der Waals surface area contributed by atoms with E-state index in [0.29, 0.717) is 5.91 Å². The van der Waals surface area contributed by atoms with Crippen LogP contribution in [0.2, 0.25) is 0 Å². The second-order valence-electron chi connectivity index (χ2n) is 8.12. The molecule has 0 saturated heterocycles. The van der Waals surface area contributed by atoms with Crippen LogP contribution in [0.1, 0.15) is 44.1 Å². The number of carbonyl (C=O) groups is 1. The molecule has 124 valence electrons. The van der Waals surface area contributed by atoms with Gasteiger partial charge in [0.2, 0.25) is 5.91 Å². The van der Waals surface area contributed by atoms with E-state index in [2.05, 4.69) is 34.9 Å². The third-order valence-corrected chi connectivity index (χ3v) is 6.28. The van der Waals surface area contributed by atoms with E-state index >= 15 is 0 Å². The van der Waals surface area contributed by atoms with Crippen molar-refractivity contribution in [2.45, 2.75) is 45.1 Å². The topological polar surface area (TPSA) is 41.1 Å². The normalized spacial score (nSPS) is 34.5. The highest BCUT2D eigenvalue weighted by Crippen LogP contribution is 2.60. The maximum atomic E-state index is 12.8. The van der Waals surface area contributed by atoms with Crippen molar-refractivity contribution in [1.82, 2.24) is 10.6 Å². The highest BCUT2D eigenvalue weighted by molar-refractivity contribution is 5.83. The Kier molecular flexibility index (Phi) is 4.14. The molecule has 2 N–H and O–H groups in total. The van der Waals surface area contributed by atoms with Crippen molar-refractivity contribution in [2.24, 2.45) is 23.2 Å². The average molecular weight is 312 g/mol. The second-order valence-corrected chi connectivity index (χ2v) is 8.12. The van der Waals surface area contributed by atoms with Crippen LogP contribution in [0, 0.1) is 23.2 Å². The number of rotatable bonds is 6. The number of amides is 1. The summed E-state index contributed by atoms with van der Waals surface area (Å²) in [7, 11) is 0. The molecule has 0 aliphatic heterocycles. The maximum Gasteiger partial charge on any atom is 0.226 e. The minimum Gasteiger partial charge on any atom is -0.354 e. The fourth-order valence-corrected chi connectivity index (χ4v) is 5.67. The molecule has 0 atom stereocenters. The van der Waals surface area contributed by atoms with Crippen molar-refractivity contribution in [3.8, 4) is 0 Å². The average Bonchev–Trinajstić information content (AvgIpc) is 2.54. The Morgan fingerprint density at radius 1 is 0.957 bits per heavy atom. The predicted octanol–water partition coefficient (Wildman–Crippen LogP) is 3.11. The van der Waals surface area contributed by atoms with Crippen molar-refractivity contribution in [2.75, 3.05) is 13.1 Å². The second kappa shape index (κ2) is 6.27. The van der Waals surface area contributed by atoms with E-state index in [0.717, 1.165) is 56.7 Å². The number of hydrogen-bond donors (Lipinski definition) is 2. The molecule has 23 heavy (non-hydrogen) atoms. The van der Waals surface area contributed by atoms with E-state index in [-0.39, 0.29) is 5.41 Å². The Bertz CT molecular complexity index is 519. The third kappa shape index (κ3) is 3.16. The molecule has 0 unspecified atom stereocenters.